The van der Waals surface area contributed by atoms with E-state index in [0.717, 1.165) is 11.3 Å². The van der Waals surface area contributed by atoms with Crippen molar-refractivity contribution in [2.75, 3.05) is 7.11 Å². The molecule has 1 atom stereocenters. The summed E-state index contributed by atoms with van der Waals surface area (Å²) in [5, 5.41) is 3.70. The van der Waals surface area contributed by atoms with Crippen LogP contribution in [0.25, 0.3) is 0 Å². The summed E-state index contributed by atoms with van der Waals surface area (Å²) in [7, 11) is 1.60. The van der Waals surface area contributed by atoms with Gasteiger partial charge in [0.1, 0.15) is 11.5 Å². The molecule has 2 rings (SSSR count). The second-order valence-corrected chi connectivity index (χ2v) is 3.89. The average Bonchev–Trinajstić information content (AvgIpc) is 2.60. The lowest BCUT2D eigenvalue weighted by Crippen LogP contribution is -2.18. The summed E-state index contributed by atoms with van der Waals surface area (Å²) in [6, 6.07) is 7.27. The van der Waals surface area contributed by atoms with Crippen LogP contribution in [0.1, 0.15) is 5.56 Å². The molecule has 0 saturated carbocycles. The van der Waals surface area contributed by atoms with Gasteiger partial charge in [0.15, 0.2) is 4.83 Å². The first-order chi connectivity index (χ1) is 7.22. The number of nitrogens with zero attached hydrogens (tertiary/aromatic N) is 1. The molecule has 0 saturated heterocycles. The molecule has 0 fully saturated rings. The highest BCUT2D eigenvalue weighted by atomic mass is 79.9. The van der Waals surface area contributed by atoms with Gasteiger partial charge in [0, 0.05) is 5.56 Å². The van der Waals surface area contributed by atoms with Crippen molar-refractivity contribution < 1.29 is 14.4 Å². The Balaban J connectivity index is 2.27. The molecule has 1 aliphatic rings. The molecule has 1 unspecified atom stereocenters. The molecule has 1 aromatic carbocycles. The van der Waals surface area contributed by atoms with Crippen molar-refractivity contribution in [3.8, 4) is 5.75 Å². The number of methoxy groups -OCH3 is 1. The minimum atomic E-state index is -0.481. The molecule has 4 nitrogen and oxygen atoms in total. The second-order valence-electron chi connectivity index (χ2n) is 2.98. The van der Waals surface area contributed by atoms with E-state index in [1.54, 1.807) is 19.2 Å². The number of rotatable bonds is 2. The van der Waals surface area contributed by atoms with Crippen LogP contribution in [0.15, 0.2) is 29.4 Å². The van der Waals surface area contributed by atoms with Gasteiger partial charge in [0.2, 0.25) is 0 Å². The Morgan fingerprint density at radius 1 is 1.40 bits per heavy atom. The Hall–Kier alpha value is -1.36. The highest BCUT2D eigenvalue weighted by molar-refractivity contribution is 9.10. The van der Waals surface area contributed by atoms with E-state index in [2.05, 4.69) is 25.9 Å². The van der Waals surface area contributed by atoms with Crippen LogP contribution in [0, 0.1) is 0 Å². The predicted octanol–water partition coefficient (Wildman–Crippen LogP) is 1.72. The van der Waals surface area contributed by atoms with Gasteiger partial charge >= 0.3 is 5.97 Å². The Bertz CT molecular complexity index is 413. The van der Waals surface area contributed by atoms with Crippen LogP contribution in [0.2, 0.25) is 0 Å². The molecule has 1 aliphatic heterocycles. The molecule has 1 heterocycles. The summed E-state index contributed by atoms with van der Waals surface area (Å²) in [4.78, 5) is 15.2. The Labute approximate surface area is 95.0 Å². The van der Waals surface area contributed by atoms with Crippen LogP contribution < -0.4 is 4.74 Å². The number of hydrogen-bond acceptors (Lipinski definition) is 4. The number of alkyl halides is 1. The fourth-order valence-electron chi connectivity index (χ4n) is 1.26. The SMILES string of the molecule is COc1ccc(C2=NOC(=O)C2Br)cc1. The number of benzene rings is 1. The largest absolute Gasteiger partial charge is 0.497 e. The number of halogens is 1. The van der Waals surface area contributed by atoms with E-state index in [0.29, 0.717) is 5.71 Å². The highest BCUT2D eigenvalue weighted by Gasteiger charge is 2.30. The van der Waals surface area contributed by atoms with Gasteiger partial charge in [0.25, 0.3) is 0 Å². The smallest absolute Gasteiger partial charge is 0.354 e. The lowest BCUT2D eigenvalue weighted by molar-refractivity contribution is -0.139. The maximum absolute atomic E-state index is 11.1. The number of carbonyl (C=O) groups is 1. The monoisotopic (exact) mass is 269 g/mol. The van der Waals surface area contributed by atoms with E-state index in [1.165, 1.54) is 0 Å². The molecule has 78 valence electrons. The molecule has 15 heavy (non-hydrogen) atoms. The van der Waals surface area contributed by atoms with E-state index >= 15 is 0 Å². The molecule has 0 N–H and O–H groups in total. The van der Waals surface area contributed by atoms with Crippen molar-refractivity contribution in [2.24, 2.45) is 5.16 Å². The van der Waals surface area contributed by atoms with Crippen LogP contribution >= 0.6 is 15.9 Å². The Kier molecular flexibility index (Phi) is 2.73. The summed E-state index contributed by atoms with van der Waals surface area (Å²) in [6.45, 7) is 0. The molecule has 0 radical (unpaired) electrons. The summed E-state index contributed by atoms with van der Waals surface area (Å²) in [5.74, 6) is 0.372. The summed E-state index contributed by atoms with van der Waals surface area (Å²) in [6.07, 6.45) is 0. The van der Waals surface area contributed by atoms with Crippen LogP contribution in [-0.2, 0) is 9.63 Å². The van der Waals surface area contributed by atoms with Crippen LogP contribution in [-0.4, -0.2) is 23.6 Å². The molecular formula is C10H8BrNO3. The molecule has 0 amide bonds. The fourth-order valence-corrected chi connectivity index (χ4v) is 1.69. The van der Waals surface area contributed by atoms with E-state index in [-0.39, 0.29) is 5.97 Å². The first-order valence-electron chi connectivity index (χ1n) is 4.29. The third-order valence-corrected chi connectivity index (χ3v) is 2.87. The fraction of sp³-hybridized carbons (Fsp3) is 0.200. The van der Waals surface area contributed by atoms with E-state index in [4.69, 9.17) is 4.74 Å². The topological polar surface area (TPSA) is 47.9 Å². The number of carbonyl (C=O) groups excluding carboxylic acids is 1. The number of oxime groups is 1. The maximum atomic E-state index is 11.1. The van der Waals surface area contributed by atoms with Crippen molar-refractivity contribution in [1.82, 2.24) is 0 Å². The van der Waals surface area contributed by atoms with Gasteiger partial charge in [-0.2, -0.15) is 0 Å². The summed E-state index contributed by atoms with van der Waals surface area (Å²) >= 11 is 3.21. The summed E-state index contributed by atoms with van der Waals surface area (Å²) in [5.41, 5.74) is 1.42. The highest BCUT2D eigenvalue weighted by Crippen LogP contribution is 2.20. The maximum Gasteiger partial charge on any atom is 0.354 e. The second kappa shape index (κ2) is 4.02. The van der Waals surface area contributed by atoms with Crippen molar-refractivity contribution in [3.63, 3.8) is 0 Å². The zero-order valence-electron chi connectivity index (χ0n) is 7.94. The van der Waals surface area contributed by atoms with Crippen LogP contribution in [0.4, 0.5) is 0 Å². The van der Waals surface area contributed by atoms with E-state index in [9.17, 15) is 4.79 Å². The first-order valence-corrected chi connectivity index (χ1v) is 5.21. The third-order valence-electron chi connectivity index (χ3n) is 2.07. The van der Waals surface area contributed by atoms with Crippen molar-refractivity contribution >= 4 is 27.6 Å². The van der Waals surface area contributed by atoms with Gasteiger partial charge < -0.3 is 9.57 Å². The van der Waals surface area contributed by atoms with Crippen molar-refractivity contribution in [1.29, 1.82) is 0 Å². The first kappa shape index (κ1) is 10.2. The lowest BCUT2D eigenvalue weighted by Gasteiger charge is -2.03. The van der Waals surface area contributed by atoms with Crippen molar-refractivity contribution in [3.05, 3.63) is 29.8 Å². The lowest BCUT2D eigenvalue weighted by atomic mass is 10.1. The third kappa shape index (κ3) is 1.87. The van der Waals surface area contributed by atoms with Crippen LogP contribution in [0.3, 0.4) is 0 Å². The van der Waals surface area contributed by atoms with E-state index in [1.807, 2.05) is 12.1 Å². The predicted molar refractivity (Wildman–Crippen MR) is 58.3 cm³/mol. The van der Waals surface area contributed by atoms with Crippen LogP contribution in [0.5, 0.6) is 5.75 Å². The zero-order valence-corrected chi connectivity index (χ0v) is 9.52. The van der Waals surface area contributed by atoms with Gasteiger partial charge in [0.05, 0.1) is 7.11 Å². The molecule has 0 spiro atoms. The van der Waals surface area contributed by atoms with Gasteiger partial charge in [-0.15, -0.1) is 0 Å². The zero-order chi connectivity index (χ0) is 10.8. The van der Waals surface area contributed by atoms with Gasteiger partial charge in [-0.05, 0) is 24.3 Å². The van der Waals surface area contributed by atoms with Crippen molar-refractivity contribution in [2.45, 2.75) is 4.83 Å². The minimum absolute atomic E-state index is 0.388. The number of hydrogen-bond donors (Lipinski definition) is 0. The van der Waals surface area contributed by atoms with E-state index < -0.39 is 4.83 Å². The molecule has 0 bridgehead atoms. The Morgan fingerprint density at radius 3 is 2.53 bits per heavy atom. The standard InChI is InChI=1S/C10H8BrNO3/c1-14-7-4-2-6(3-5-7)9-8(11)10(13)15-12-9/h2-5,8H,1H3. The molecule has 0 aromatic heterocycles. The molecule has 0 aliphatic carbocycles. The van der Waals surface area contributed by atoms with Gasteiger partial charge in [-0.1, -0.05) is 21.1 Å². The molecule has 1 aromatic rings. The van der Waals surface area contributed by atoms with Gasteiger partial charge in [-0.3, -0.25) is 0 Å². The molecule has 5 heteroatoms. The average molecular weight is 270 g/mol. The normalized spacial score (nSPS) is 19.7. The van der Waals surface area contributed by atoms with Gasteiger partial charge in [-0.25, -0.2) is 4.79 Å². The quantitative estimate of drug-likeness (QED) is 0.607. The summed E-state index contributed by atoms with van der Waals surface area (Å²) < 4.78 is 5.03. The Morgan fingerprint density at radius 2 is 2.07 bits per heavy atom. The number of ether oxygens (including phenoxy) is 1. The minimum Gasteiger partial charge on any atom is -0.497 e. The molecular weight excluding hydrogens is 262 g/mol.